The first-order chi connectivity index (χ1) is 15.7. The van der Waals surface area contributed by atoms with E-state index in [4.69, 9.17) is 11.6 Å². The summed E-state index contributed by atoms with van der Waals surface area (Å²) < 4.78 is 0. The maximum Gasteiger partial charge on any atom is 0.123 e. The SMILES string of the molecule is N#Cc1c[nH]c2c(N3CCC[C@@H](c4ccc(N5CCC(C=O)CC5)cc4)C3)ccc(Cl)c12. The second-order valence-electron chi connectivity index (χ2n) is 8.97. The van der Waals surface area contributed by atoms with Crippen molar-refractivity contribution >= 4 is 40.2 Å². The Morgan fingerprint density at radius 1 is 1.03 bits per heavy atom. The summed E-state index contributed by atoms with van der Waals surface area (Å²) in [5.41, 5.74) is 5.28. The molecule has 0 bridgehead atoms. The Bertz CT molecular complexity index is 1160. The zero-order valence-corrected chi connectivity index (χ0v) is 18.8. The Morgan fingerprint density at radius 2 is 1.81 bits per heavy atom. The molecule has 1 N–H and O–H groups in total. The Kier molecular flexibility index (Phi) is 5.80. The van der Waals surface area contributed by atoms with E-state index >= 15 is 0 Å². The molecular formula is C26H27ClN4O. The molecule has 0 amide bonds. The number of nitrogens with one attached hydrogen (secondary N) is 1. The van der Waals surface area contributed by atoms with E-state index < -0.39 is 0 Å². The van der Waals surface area contributed by atoms with Crippen molar-refractivity contribution in [1.82, 2.24) is 4.98 Å². The Labute approximate surface area is 193 Å². The average Bonchev–Trinajstić information content (AvgIpc) is 3.30. The number of hydrogen-bond acceptors (Lipinski definition) is 4. The Morgan fingerprint density at radius 3 is 2.53 bits per heavy atom. The molecule has 3 aromatic rings. The van der Waals surface area contributed by atoms with Gasteiger partial charge in [-0.25, -0.2) is 0 Å². The van der Waals surface area contributed by atoms with E-state index in [1.165, 1.54) is 17.7 Å². The highest BCUT2D eigenvalue weighted by Gasteiger charge is 2.25. The number of halogens is 1. The smallest absolute Gasteiger partial charge is 0.123 e. The fourth-order valence-corrected chi connectivity index (χ4v) is 5.52. The largest absolute Gasteiger partial charge is 0.371 e. The maximum absolute atomic E-state index is 11.0. The minimum atomic E-state index is 0.224. The number of rotatable bonds is 4. The summed E-state index contributed by atoms with van der Waals surface area (Å²) in [4.78, 5) is 19.1. The molecule has 0 aliphatic carbocycles. The number of carbonyl (C=O) groups excluding carboxylic acids is 1. The average molecular weight is 447 g/mol. The highest BCUT2D eigenvalue weighted by molar-refractivity contribution is 6.36. The molecule has 0 unspecified atom stereocenters. The van der Waals surface area contributed by atoms with Crippen LogP contribution >= 0.6 is 11.6 Å². The van der Waals surface area contributed by atoms with E-state index in [0.29, 0.717) is 16.5 Å². The van der Waals surface area contributed by atoms with Gasteiger partial charge >= 0.3 is 0 Å². The van der Waals surface area contributed by atoms with E-state index in [9.17, 15) is 10.1 Å². The molecule has 6 heteroatoms. The van der Waals surface area contributed by atoms with Gasteiger partial charge in [0.25, 0.3) is 0 Å². The van der Waals surface area contributed by atoms with Crippen molar-refractivity contribution in [3.05, 3.63) is 58.7 Å². The molecule has 2 aromatic carbocycles. The molecule has 5 rings (SSSR count). The molecule has 0 spiro atoms. The number of piperidine rings is 2. The van der Waals surface area contributed by atoms with Gasteiger partial charge in [-0.05, 0) is 55.5 Å². The standard InChI is InChI=1S/C26H27ClN4O/c27-23-7-8-24(26-25(23)21(14-28)15-29-26)31-11-1-2-20(16-31)19-3-5-22(6-4-19)30-12-9-18(17-32)10-13-30/h3-8,15,17-18,20,29H,1-2,9-13,16H2/t20-/m1/s1. The number of benzene rings is 2. The van der Waals surface area contributed by atoms with Crippen LogP contribution in [0.4, 0.5) is 11.4 Å². The molecule has 0 radical (unpaired) electrons. The Balaban J connectivity index is 1.33. The van der Waals surface area contributed by atoms with Crippen molar-refractivity contribution in [3.8, 4) is 6.07 Å². The van der Waals surface area contributed by atoms with Gasteiger partial charge in [0.05, 0.1) is 21.8 Å². The van der Waals surface area contributed by atoms with E-state index in [0.717, 1.165) is 68.3 Å². The van der Waals surface area contributed by atoms with Crippen LogP contribution in [0.25, 0.3) is 10.9 Å². The molecule has 2 fully saturated rings. The van der Waals surface area contributed by atoms with Crippen molar-refractivity contribution < 1.29 is 4.79 Å². The van der Waals surface area contributed by atoms with E-state index in [2.05, 4.69) is 51.2 Å². The highest BCUT2D eigenvalue weighted by Crippen LogP contribution is 2.37. The number of fused-ring (bicyclic) bond motifs is 1. The summed E-state index contributed by atoms with van der Waals surface area (Å²) in [6.07, 6.45) is 7.05. The number of nitrogens with zero attached hydrogens (tertiary/aromatic N) is 3. The van der Waals surface area contributed by atoms with Crippen LogP contribution in [0.15, 0.2) is 42.6 Å². The zero-order valence-electron chi connectivity index (χ0n) is 18.1. The highest BCUT2D eigenvalue weighted by atomic mass is 35.5. The summed E-state index contributed by atoms with van der Waals surface area (Å²) in [5, 5.41) is 10.9. The van der Waals surface area contributed by atoms with Crippen LogP contribution in [0.2, 0.25) is 5.02 Å². The van der Waals surface area contributed by atoms with Crippen LogP contribution in [-0.2, 0) is 4.79 Å². The predicted molar refractivity (Wildman–Crippen MR) is 130 cm³/mol. The second kappa shape index (κ2) is 8.88. The fourth-order valence-electron chi connectivity index (χ4n) is 5.26. The summed E-state index contributed by atoms with van der Waals surface area (Å²) in [6.45, 7) is 3.85. The van der Waals surface area contributed by atoms with Crippen molar-refractivity contribution in [2.24, 2.45) is 5.92 Å². The number of aromatic nitrogens is 1. The van der Waals surface area contributed by atoms with Gasteiger partial charge in [0.15, 0.2) is 0 Å². The zero-order chi connectivity index (χ0) is 22.1. The van der Waals surface area contributed by atoms with Gasteiger partial charge < -0.3 is 19.6 Å². The van der Waals surface area contributed by atoms with Gasteiger partial charge in [-0.2, -0.15) is 5.26 Å². The molecule has 2 aliphatic rings. The van der Waals surface area contributed by atoms with E-state index in [1.54, 1.807) is 6.20 Å². The molecule has 1 atom stereocenters. The number of aldehydes is 1. The first-order valence-corrected chi connectivity index (χ1v) is 11.8. The topological polar surface area (TPSA) is 63.1 Å². The van der Waals surface area contributed by atoms with Crippen LogP contribution in [0, 0.1) is 17.2 Å². The number of carbonyl (C=O) groups is 1. The lowest BCUT2D eigenvalue weighted by Gasteiger charge is -2.35. The molecule has 164 valence electrons. The summed E-state index contributed by atoms with van der Waals surface area (Å²) >= 11 is 6.40. The summed E-state index contributed by atoms with van der Waals surface area (Å²) in [7, 11) is 0. The molecule has 1 aromatic heterocycles. The Hall–Kier alpha value is -2.97. The molecule has 3 heterocycles. The molecule has 2 aliphatic heterocycles. The van der Waals surface area contributed by atoms with Gasteiger partial charge in [0, 0.05) is 55.3 Å². The molecule has 0 saturated carbocycles. The second-order valence-corrected chi connectivity index (χ2v) is 9.38. The fraction of sp³-hybridized carbons (Fsp3) is 0.385. The number of anilines is 2. The van der Waals surface area contributed by atoms with Crippen LogP contribution in [0.3, 0.4) is 0 Å². The summed E-state index contributed by atoms with van der Waals surface area (Å²) in [5.74, 6) is 0.691. The number of aromatic amines is 1. The molecule has 32 heavy (non-hydrogen) atoms. The first kappa shape index (κ1) is 20.9. The van der Waals surface area contributed by atoms with Gasteiger partial charge in [0.2, 0.25) is 0 Å². The van der Waals surface area contributed by atoms with Crippen LogP contribution in [0.5, 0.6) is 0 Å². The number of nitriles is 1. The lowest BCUT2D eigenvalue weighted by atomic mass is 9.90. The third-order valence-corrected chi connectivity index (χ3v) is 7.42. The van der Waals surface area contributed by atoms with Gasteiger partial charge in [0.1, 0.15) is 12.4 Å². The lowest BCUT2D eigenvalue weighted by molar-refractivity contribution is -0.111. The minimum Gasteiger partial charge on any atom is -0.371 e. The molecular weight excluding hydrogens is 420 g/mol. The van der Waals surface area contributed by atoms with Crippen molar-refractivity contribution in [3.63, 3.8) is 0 Å². The monoisotopic (exact) mass is 446 g/mol. The van der Waals surface area contributed by atoms with E-state index in [1.807, 2.05) is 6.07 Å². The summed E-state index contributed by atoms with van der Waals surface area (Å²) in [6, 6.07) is 15.2. The maximum atomic E-state index is 11.0. The predicted octanol–water partition coefficient (Wildman–Crippen LogP) is 5.49. The van der Waals surface area contributed by atoms with E-state index in [-0.39, 0.29) is 5.92 Å². The third-order valence-electron chi connectivity index (χ3n) is 7.11. The van der Waals surface area contributed by atoms with Gasteiger partial charge in [-0.1, -0.05) is 23.7 Å². The first-order valence-electron chi connectivity index (χ1n) is 11.4. The normalized spacial score (nSPS) is 19.8. The molecule has 5 nitrogen and oxygen atoms in total. The van der Waals surface area contributed by atoms with Crippen molar-refractivity contribution in [2.75, 3.05) is 36.0 Å². The van der Waals surface area contributed by atoms with Crippen LogP contribution in [-0.4, -0.2) is 37.4 Å². The van der Waals surface area contributed by atoms with Crippen LogP contribution in [0.1, 0.15) is 42.7 Å². The van der Waals surface area contributed by atoms with Crippen LogP contribution < -0.4 is 9.80 Å². The molecule has 2 saturated heterocycles. The number of hydrogen-bond donors (Lipinski definition) is 1. The third kappa shape index (κ3) is 3.84. The quantitative estimate of drug-likeness (QED) is 0.538. The van der Waals surface area contributed by atoms with Gasteiger partial charge in [-0.15, -0.1) is 0 Å². The van der Waals surface area contributed by atoms with Gasteiger partial charge in [-0.3, -0.25) is 0 Å². The van der Waals surface area contributed by atoms with Crippen molar-refractivity contribution in [1.29, 1.82) is 5.26 Å². The minimum absolute atomic E-state index is 0.224. The van der Waals surface area contributed by atoms with Crippen molar-refractivity contribution in [2.45, 2.75) is 31.6 Å². The lowest BCUT2D eigenvalue weighted by Crippen LogP contribution is -2.35. The number of H-pyrrole nitrogens is 1.